The van der Waals surface area contributed by atoms with E-state index in [1.165, 1.54) is 11.3 Å². The van der Waals surface area contributed by atoms with E-state index in [4.69, 9.17) is 20.9 Å². The fraction of sp³-hybridized carbons (Fsp3) is 0.167. The molecule has 0 bridgehead atoms. The maximum Gasteiger partial charge on any atom is 0.212 e. The van der Waals surface area contributed by atoms with E-state index in [2.05, 4.69) is 9.98 Å². The number of ether oxygens (including phenoxy) is 2. The van der Waals surface area contributed by atoms with Crippen LogP contribution in [0.3, 0.4) is 0 Å². The van der Waals surface area contributed by atoms with E-state index in [1.807, 2.05) is 23.6 Å². The molecule has 0 spiro atoms. The van der Waals surface area contributed by atoms with E-state index in [9.17, 15) is 0 Å². The molecule has 4 N–H and O–H groups in total. The highest BCUT2D eigenvalue weighted by atomic mass is 32.1. The third-order valence-corrected chi connectivity index (χ3v) is 3.13. The molecule has 0 atom stereocenters. The van der Waals surface area contributed by atoms with Gasteiger partial charge < -0.3 is 20.9 Å². The molecule has 2 rings (SSSR count). The van der Waals surface area contributed by atoms with Gasteiger partial charge in [-0.2, -0.15) is 4.99 Å². The van der Waals surface area contributed by atoms with Crippen LogP contribution in [0.25, 0.3) is 11.3 Å². The Labute approximate surface area is 114 Å². The Balaban J connectivity index is 2.36. The second-order valence-electron chi connectivity index (χ2n) is 3.62. The van der Waals surface area contributed by atoms with Crippen LogP contribution in [-0.2, 0) is 0 Å². The Morgan fingerprint density at radius 1 is 1.21 bits per heavy atom. The molecule has 0 radical (unpaired) electrons. The lowest BCUT2D eigenvalue weighted by atomic mass is 10.1. The van der Waals surface area contributed by atoms with Crippen LogP contribution in [0, 0.1) is 0 Å². The quantitative estimate of drug-likeness (QED) is 0.656. The largest absolute Gasteiger partial charge is 0.493 e. The van der Waals surface area contributed by atoms with Gasteiger partial charge in [-0.15, -0.1) is 11.3 Å². The number of hydrogen-bond donors (Lipinski definition) is 2. The molecule has 0 unspecified atom stereocenters. The maximum atomic E-state index is 5.31. The molecule has 100 valence electrons. The number of rotatable bonds is 4. The van der Waals surface area contributed by atoms with E-state index < -0.39 is 0 Å². The molecule has 19 heavy (non-hydrogen) atoms. The first-order valence-corrected chi connectivity index (χ1v) is 6.29. The Hall–Kier alpha value is -2.28. The van der Waals surface area contributed by atoms with E-state index in [-0.39, 0.29) is 5.96 Å². The fourth-order valence-electron chi connectivity index (χ4n) is 1.55. The van der Waals surface area contributed by atoms with Gasteiger partial charge in [-0.1, -0.05) is 0 Å². The molecule has 1 aromatic heterocycles. The fourth-order valence-corrected chi connectivity index (χ4v) is 2.27. The van der Waals surface area contributed by atoms with Gasteiger partial charge in [0, 0.05) is 10.9 Å². The van der Waals surface area contributed by atoms with Gasteiger partial charge in [-0.05, 0) is 18.2 Å². The summed E-state index contributed by atoms with van der Waals surface area (Å²) in [6.45, 7) is 0. The van der Waals surface area contributed by atoms with Gasteiger partial charge in [-0.3, -0.25) is 0 Å². The van der Waals surface area contributed by atoms with Crippen LogP contribution in [0.5, 0.6) is 11.5 Å². The number of aromatic nitrogens is 1. The molecule has 0 amide bonds. The number of aliphatic imine (C=N–C) groups is 1. The Morgan fingerprint density at radius 3 is 2.58 bits per heavy atom. The lowest BCUT2D eigenvalue weighted by Crippen LogP contribution is -2.21. The molecule has 7 heteroatoms. The van der Waals surface area contributed by atoms with Crippen LogP contribution >= 0.6 is 11.3 Å². The van der Waals surface area contributed by atoms with Crippen molar-refractivity contribution in [1.29, 1.82) is 0 Å². The summed E-state index contributed by atoms with van der Waals surface area (Å²) >= 11 is 1.37. The van der Waals surface area contributed by atoms with Crippen molar-refractivity contribution >= 4 is 22.4 Å². The second-order valence-corrected chi connectivity index (χ2v) is 4.46. The smallest absolute Gasteiger partial charge is 0.212 e. The molecule has 0 aliphatic rings. The second kappa shape index (κ2) is 5.57. The number of methoxy groups -OCH3 is 2. The van der Waals surface area contributed by atoms with Gasteiger partial charge in [0.25, 0.3) is 0 Å². The minimum atomic E-state index is -0.00629. The summed E-state index contributed by atoms with van der Waals surface area (Å²) in [5.41, 5.74) is 12.3. The first-order valence-electron chi connectivity index (χ1n) is 5.41. The van der Waals surface area contributed by atoms with Crippen LogP contribution in [0.1, 0.15) is 0 Å². The SMILES string of the molecule is COc1ccc(-c2csc(N=C(N)N)n2)cc1OC. The number of benzene rings is 1. The summed E-state index contributed by atoms with van der Waals surface area (Å²) in [7, 11) is 3.19. The van der Waals surface area contributed by atoms with Gasteiger partial charge in [0.05, 0.1) is 19.9 Å². The normalized spacial score (nSPS) is 10.0. The molecular formula is C12H14N4O2S. The lowest BCUT2D eigenvalue weighted by molar-refractivity contribution is 0.355. The Bertz CT molecular complexity index is 606. The summed E-state index contributed by atoms with van der Waals surface area (Å²) < 4.78 is 10.4. The van der Waals surface area contributed by atoms with Crippen molar-refractivity contribution < 1.29 is 9.47 Å². The van der Waals surface area contributed by atoms with E-state index >= 15 is 0 Å². The zero-order valence-corrected chi connectivity index (χ0v) is 11.4. The van der Waals surface area contributed by atoms with E-state index in [0.29, 0.717) is 16.6 Å². The summed E-state index contributed by atoms with van der Waals surface area (Å²) in [4.78, 5) is 8.23. The van der Waals surface area contributed by atoms with Crippen LogP contribution in [0.2, 0.25) is 0 Å². The van der Waals surface area contributed by atoms with Crippen LogP contribution in [0.15, 0.2) is 28.6 Å². The van der Waals surface area contributed by atoms with Gasteiger partial charge in [0.1, 0.15) is 0 Å². The topological polar surface area (TPSA) is 95.8 Å². The van der Waals surface area contributed by atoms with Crippen LogP contribution in [-0.4, -0.2) is 25.2 Å². The van der Waals surface area contributed by atoms with Crippen molar-refractivity contribution in [2.75, 3.05) is 14.2 Å². The van der Waals surface area contributed by atoms with Crippen molar-refractivity contribution in [2.45, 2.75) is 0 Å². The van der Waals surface area contributed by atoms with Gasteiger partial charge in [0.2, 0.25) is 5.13 Å². The third-order valence-electron chi connectivity index (χ3n) is 2.40. The molecule has 0 aliphatic carbocycles. The lowest BCUT2D eigenvalue weighted by Gasteiger charge is -2.08. The molecular weight excluding hydrogens is 264 g/mol. The van der Waals surface area contributed by atoms with Crippen LogP contribution in [0.4, 0.5) is 5.13 Å². The van der Waals surface area contributed by atoms with Crippen molar-refractivity contribution in [3.8, 4) is 22.8 Å². The summed E-state index contributed by atoms with van der Waals surface area (Å²) in [6.07, 6.45) is 0. The number of nitrogens with zero attached hydrogens (tertiary/aromatic N) is 2. The first-order chi connectivity index (χ1) is 9.13. The Morgan fingerprint density at radius 2 is 1.95 bits per heavy atom. The molecule has 1 heterocycles. The highest BCUT2D eigenvalue weighted by molar-refractivity contribution is 7.13. The highest BCUT2D eigenvalue weighted by Gasteiger charge is 2.09. The number of guanidine groups is 1. The zero-order valence-electron chi connectivity index (χ0n) is 10.6. The van der Waals surface area contributed by atoms with Crippen molar-refractivity contribution in [1.82, 2.24) is 4.98 Å². The van der Waals surface area contributed by atoms with Gasteiger partial charge >= 0.3 is 0 Å². The molecule has 0 saturated carbocycles. The molecule has 2 aromatic rings. The average molecular weight is 278 g/mol. The van der Waals surface area contributed by atoms with E-state index in [0.717, 1.165) is 11.3 Å². The summed E-state index contributed by atoms with van der Waals surface area (Å²) in [6, 6.07) is 5.58. The van der Waals surface area contributed by atoms with Crippen molar-refractivity contribution in [3.05, 3.63) is 23.6 Å². The van der Waals surface area contributed by atoms with Gasteiger partial charge in [0.15, 0.2) is 17.5 Å². The minimum Gasteiger partial charge on any atom is -0.493 e. The molecule has 0 aliphatic heterocycles. The number of hydrogen-bond acceptors (Lipinski definition) is 5. The van der Waals surface area contributed by atoms with Gasteiger partial charge in [-0.25, -0.2) is 4.98 Å². The van der Waals surface area contributed by atoms with Crippen molar-refractivity contribution in [2.24, 2.45) is 16.5 Å². The maximum absolute atomic E-state index is 5.31. The monoisotopic (exact) mass is 278 g/mol. The zero-order chi connectivity index (χ0) is 13.8. The summed E-state index contributed by atoms with van der Waals surface area (Å²) in [5, 5.41) is 2.40. The molecule has 1 aromatic carbocycles. The molecule has 6 nitrogen and oxygen atoms in total. The summed E-state index contributed by atoms with van der Waals surface area (Å²) in [5.74, 6) is 1.32. The predicted octanol–water partition coefficient (Wildman–Crippen LogP) is 1.73. The Kier molecular flexibility index (Phi) is 3.86. The molecule has 0 fully saturated rings. The molecule has 0 saturated heterocycles. The highest BCUT2D eigenvalue weighted by Crippen LogP contribution is 2.33. The third kappa shape index (κ3) is 2.94. The average Bonchev–Trinajstić information content (AvgIpc) is 2.85. The minimum absolute atomic E-state index is 0.00629. The van der Waals surface area contributed by atoms with Crippen molar-refractivity contribution in [3.63, 3.8) is 0 Å². The number of nitrogens with two attached hydrogens (primary N) is 2. The first kappa shape index (κ1) is 13.2. The van der Waals surface area contributed by atoms with Crippen LogP contribution < -0.4 is 20.9 Å². The van der Waals surface area contributed by atoms with E-state index in [1.54, 1.807) is 14.2 Å². The predicted molar refractivity (Wildman–Crippen MR) is 76.1 cm³/mol. The standard InChI is InChI=1S/C12H14N4O2S/c1-17-9-4-3-7(5-10(9)18-2)8-6-19-12(15-8)16-11(13)14/h3-6H,1-2H3,(H4,13,14,15,16). The number of thiazole rings is 1.